The molecule has 0 aliphatic heterocycles. The summed E-state index contributed by atoms with van der Waals surface area (Å²) < 4.78 is 0. The molecule has 2 heteroatoms. The number of aryl methyl sites for hydroxylation is 2. The summed E-state index contributed by atoms with van der Waals surface area (Å²) in [6.45, 7) is 4.11. The Labute approximate surface area is 137 Å². The van der Waals surface area contributed by atoms with E-state index in [-0.39, 0.29) is 0 Å². The van der Waals surface area contributed by atoms with Gasteiger partial charge in [-0.3, -0.25) is 4.98 Å². The molecule has 0 unspecified atom stereocenters. The van der Waals surface area contributed by atoms with Gasteiger partial charge in [-0.25, -0.2) is 0 Å². The largest absolute Gasteiger partial charge is 0.380 e. The van der Waals surface area contributed by atoms with Gasteiger partial charge in [0.05, 0.1) is 0 Å². The summed E-state index contributed by atoms with van der Waals surface area (Å²) in [5, 5.41) is 11.6. The third-order valence-corrected chi connectivity index (χ3v) is 4.27. The maximum absolute atomic E-state index is 11.6. The minimum Gasteiger partial charge on any atom is -0.380 e. The maximum atomic E-state index is 11.6. The molecular weight excluding hydrogens is 282 g/mol. The number of aromatic nitrogens is 1. The van der Waals surface area contributed by atoms with Gasteiger partial charge in [-0.15, -0.1) is 0 Å². The van der Waals surface area contributed by atoms with Crippen molar-refractivity contribution in [3.63, 3.8) is 0 Å². The fourth-order valence-corrected chi connectivity index (χ4v) is 2.83. The molecule has 0 aliphatic carbocycles. The van der Waals surface area contributed by atoms with Crippen LogP contribution in [-0.4, -0.2) is 10.1 Å². The van der Waals surface area contributed by atoms with E-state index in [9.17, 15) is 5.11 Å². The third-order valence-electron chi connectivity index (χ3n) is 4.27. The maximum Gasteiger partial charge on any atom is 0.119 e. The molecule has 3 aromatic rings. The van der Waals surface area contributed by atoms with E-state index in [0.29, 0.717) is 6.42 Å². The zero-order valence-electron chi connectivity index (χ0n) is 13.5. The summed E-state index contributed by atoms with van der Waals surface area (Å²) >= 11 is 0. The highest BCUT2D eigenvalue weighted by molar-refractivity contribution is 5.40. The Balaban J connectivity index is 2.08. The fourth-order valence-electron chi connectivity index (χ4n) is 2.83. The minimum absolute atomic E-state index is 0.516. The molecule has 0 saturated carbocycles. The molecule has 0 saturated heterocycles. The lowest BCUT2D eigenvalue weighted by atomic mass is 9.81. The first-order valence-corrected chi connectivity index (χ1v) is 7.83. The van der Waals surface area contributed by atoms with Crippen LogP contribution in [0.5, 0.6) is 0 Å². The van der Waals surface area contributed by atoms with E-state index in [0.717, 1.165) is 16.7 Å². The molecule has 0 fully saturated rings. The highest BCUT2D eigenvalue weighted by atomic mass is 16.3. The van der Waals surface area contributed by atoms with E-state index in [1.165, 1.54) is 11.1 Å². The number of rotatable bonds is 4. The van der Waals surface area contributed by atoms with Crippen LogP contribution in [0.1, 0.15) is 27.8 Å². The van der Waals surface area contributed by atoms with Gasteiger partial charge in [0.15, 0.2) is 0 Å². The molecule has 0 bridgehead atoms. The van der Waals surface area contributed by atoms with Crippen LogP contribution in [0.15, 0.2) is 73.1 Å². The van der Waals surface area contributed by atoms with Gasteiger partial charge in [0.2, 0.25) is 0 Å². The van der Waals surface area contributed by atoms with Crippen molar-refractivity contribution in [3.8, 4) is 0 Å². The minimum atomic E-state index is -1.05. The van der Waals surface area contributed by atoms with Crippen LogP contribution in [0.25, 0.3) is 0 Å². The number of benzene rings is 2. The van der Waals surface area contributed by atoms with Crippen LogP contribution in [0.3, 0.4) is 0 Å². The van der Waals surface area contributed by atoms with Crippen molar-refractivity contribution in [1.29, 1.82) is 0 Å². The zero-order valence-corrected chi connectivity index (χ0v) is 13.5. The molecule has 0 atom stereocenters. The highest BCUT2D eigenvalue weighted by Gasteiger charge is 2.31. The van der Waals surface area contributed by atoms with Crippen LogP contribution in [0, 0.1) is 13.8 Å². The van der Waals surface area contributed by atoms with Gasteiger partial charge in [-0.05, 0) is 42.7 Å². The number of hydrogen-bond acceptors (Lipinski definition) is 2. The molecule has 116 valence electrons. The fraction of sp³-hybridized carbons (Fsp3) is 0.190. The summed E-state index contributed by atoms with van der Waals surface area (Å²) in [4.78, 5) is 4.06. The van der Waals surface area contributed by atoms with Crippen molar-refractivity contribution in [2.24, 2.45) is 0 Å². The Morgan fingerprint density at radius 1 is 0.739 bits per heavy atom. The average Bonchev–Trinajstić information content (AvgIpc) is 2.57. The molecule has 0 amide bonds. The molecule has 0 aliphatic rings. The van der Waals surface area contributed by atoms with Gasteiger partial charge in [0.25, 0.3) is 0 Å². The quantitative estimate of drug-likeness (QED) is 0.784. The molecule has 1 aromatic heterocycles. The van der Waals surface area contributed by atoms with Crippen LogP contribution >= 0.6 is 0 Å². The number of pyridine rings is 1. The highest BCUT2D eigenvalue weighted by Crippen LogP contribution is 2.33. The smallest absolute Gasteiger partial charge is 0.119 e. The summed E-state index contributed by atoms with van der Waals surface area (Å²) in [6, 6.07) is 20.1. The topological polar surface area (TPSA) is 33.1 Å². The molecule has 23 heavy (non-hydrogen) atoms. The molecular formula is C21H21NO. The van der Waals surface area contributed by atoms with Crippen LogP contribution < -0.4 is 0 Å². The molecule has 0 radical (unpaired) electrons. The van der Waals surface area contributed by atoms with Crippen molar-refractivity contribution >= 4 is 0 Å². The molecule has 1 heterocycles. The van der Waals surface area contributed by atoms with Crippen LogP contribution in [0.2, 0.25) is 0 Å². The van der Waals surface area contributed by atoms with Crippen molar-refractivity contribution in [3.05, 3.63) is 101 Å². The van der Waals surface area contributed by atoms with Gasteiger partial charge >= 0.3 is 0 Å². The predicted octanol–water partition coefficient (Wildman–Crippen LogP) is 4.18. The van der Waals surface area contributed by atoms with Crippen molar-refractivity contribution in [2.45, 2.75) is 25.9 Å². The number of hydrogen-bond donors (Lipinski definition) is 1. The van der Waals surface area contributed by atoms with E-state index in [4.69, 9.17) is 0 Å². The Hall–Kier alpha value is -2.45. The Bertz CT molecular complexity index is 716. The lowest BCUT2D eigenvalue weighted by Gasteiger charge is -2.30. The van der Waals surface area contributed by atoms with E-state index in [1.807, 2.05) is 60.7 Å². The molecule has 2 aromatic carbocycles. The van der Waals surface area contributed by atoms with Crippen molar-refractivity contribution in [1.82, 2.24) is 4.98 Å². The molecule has 3 rings (SSSR count). The third kappa shape index (κ3) is 3.33. The van der Waals surface area contributed by atoms with Gasteiger partial charge < -0.3 is 5.11 Å². The molecule has 0 spiro atoms. The summed E-state index contributed by atoms with van der Waals surface area (Å²) in [5.41, 5.74) is 4.19. The standard InChI is InChI=1S/C21H21NO/c1-16-3-7-19(8-4-16)21(23,15-18-11-13-22-14-12-18)20-9-5-17(2)6-10-20/h3-14,23H,15H2,1-2H3. The SMILES string of the molecule is Cc1ccc(C(O)(Cc2ccncc2)c2ccc(C)cc2)cc1. The lowest BCUT2D eigenvalue weighted by molar-refractivity contribution is 0.0811. The Morgan fingerprint density at radius 2 is 1.17 bits per heavy atom. The van der Waals surface area contributed by atoms with Crippen molar-refractivity contribution < 1.29 is 5.11 Å². The lowest BCUT2D eigenvalue weighted by Crippen LogP contribution is -2.30. The number of nitrogens with zero attached hydrogens (tertiary/aromatic N) is 1. The summed E-state index contributed by atoms with van der Waals surface area (Å²) in [5.74, 6) is 0. The second kappa shape index (κ2) is 6.35. The second-order valence-corrected chi connectivity index (χ2v) is 6.12. The van der Waals surface area contributed by atoms with E-state index in [2.05, 4.69) is 18.8 Å². The number of aliphatic hydroxyl groups is 1. The van der Waals surface area contributed by atoms with Gasteiger partial charge in [0.1, 0.15) is 5.60 Å². The first-order valence-electron chi connectivity index (χ1n) is 7.83. The Kier molecular flexibility index (Phi) is 4.26. The van der Waals surface area contributed by atoms with E-state index < -0.39 is 5.60 Å². The normalized spacial score (nSPS) is 11.4. The second-order valence-electron chi connectivity index (χ2n) is 6.12. The zero-order chi connectivity index (χ0) is 16.3. The summed E-state index contributed by atoms with van der Waals surface area (Å²) in [7, 11) is 0. The first kappa shape index (κ1) is 15.4. The molecule has 1 N–H and O–H groups in total. The van der Waals surface area contributed by atoms with Gasteiger partial charge in [0, 0.05) is 18.8 Å². The first-order chi connectivity index (χ1) is 11.1. The van der Waals surface area contributed by atoms with Gasteiger partial charge in [-0.1, -0.05) is 59.7 Å². The van der Waals surface area contributed by atoms with E-state index >= 15 is 0 Å². The average molecular weight is 303 g/mol. The molecule has 2 nitrogen and oxygen atoms in total. The van der Waals surface area contributed by atoms with E-state index in [1.54, 1.807) is 12.4 Å². The monoisotopic (exact) mass is 303 g/mol. The van der Waals surface area contributed by atoms with Crippen LogP contribution in [0.4, 0.5) is 0 Å². The Morgan fingerprint density at radius 3 is 1.61 bits per heavy atom. The van der Waals surface area contributed by atoms with Crippen LogP contribution in [-0.2, 0) is 12.0 Å². The predicted molar refractivity (Wildman–Crippen MR) is 93.3 cm³/mol. The summed E-state index contributed by atoms with van der Waals surface area (Å²) in [6.07, 6.45) is 4.04. The van der Waals surface area contributed by atoms with Gasteiger partial charge in [-0.2, -0.15) is 0 Å². The van der Waals surface area contributed by atoms with Crippen molar-refractivity contribution in [2.75, 3.05) is 0 Å².